The van der Waals surface area contributed by atoms with Crippen LogP contribution in [0.1, 0.15) is 18.4 Å². The first-order chi connectivity index (χ1) is 11.8. The van der Waals surface area contributed by atoms with Gasteiger partial charge in [0.05, 0.1) is 13.7 Å². The molecule has 1 aromatic heterocycles. The van der Waals surface area contributed by atoms with Crippen LogP contribution in [0.3, 0.4) is 0 Å². The molecule has 0 spiro atoms. The van der Waals surface area contributed by atoms with E-state index in [2.05, 4.69) is 15.3 Å². The second-order valence-electron chi connectivity index (χ2n) is 5.93. The highest BCUT2D eigenvalue weighted by Gasteiger charge is 2.22. The van der Waals surface area contributed by atoms with Gasteiger partial charge in [0.15, 0.2) is 23.2 Å². The molecule has 24 heavy (non-hydrogen) atoms. The molecule has 4 rings (SSSR count). The van der Waals surface area contributed by atoms with Crippen molar-refractivity contribution in [3.8, 4) is 11.5 Å². The Morgan fingerprint density at radius 1 is 1.17 bits per heavy atom. The van der Waals surface area contributed by atoms with Gasteiger partial charge < -0.3 is 9.47 Å². The molecule has 0 bridgehead atoms. The van der Waals surface area contributed by atoms with Gasteiger partial charge >= 0.3 is 0 Å². The first kappa shape index (κ1) is 14.8. The van der Waals surface area contributed by atoms with E-state index in [9.17, 15) is 0 Å². The van der Waals surface area contributed by atoms with Gasteiger partial charge in [0, 0.05) is 6.20 Å². The molecule has 1 fully saturated rings. The van der Waals surface area contributed by atoms with Crippen molar-refractivity contribution in [2.24, 2.45) is 10.9 Å². The van der Waals surface area contributed by atoms with Crippen molar-refractivity contribution < 1.29 is 9.47 Å². The smallest absolute Gasteiger partial charge is 0.180 e. The van der Waals surface area contributed by atoms with Gasteiger partial charge in [-0.1, -0.05) is 12.1 Å². The number of benzene rings is 1. The maximum atomic E-state index is 5.89. The molecule has 0 amide bonds. The average molecular weight is 320 g/mol. The Morgan fingerprint density at radius 2 is 2.08 bits per heavy atom. The van der Waals surface area contributed by atoms with Gasteiger partial charge in [-0.2, -0.15) is 0 Å². The van der Waals surface area contributed by atoms with E-state index in [1.54, 1.807) is 13.3 Å². The average Bonchev–Trinajstić information content (AvgIpc) is 3.35. The van der Waals surface area contributed by atoms with Crippen LogP contribution in [0.25, 0.3) is 6.08 Å². The topological polar surface area (TPSA) is 57.8 Å². The minimum Gasteiger partial charge on any atom is -0.493 e. The molecule has 1 radical (unpaired) electrons. The number of hydrogen-bond acceptors (Lipinski definition) is 4. The predicted octanol–water partition coefficient (Wildman–Crippen LogP) is 3.87. The Balaban J connectivity index is 1.49. The number of hydrogen-bond donors (Lipinski definition) is 0. The van der Waals surface area contributed by atoms with Crippen molar-refractivity contribution in [3.63, 3.8) is 0 Å². The third-order valence-corrected chi connectivity index (χ3v) is 4.01. The zero-order valence-electron chi connectivity index (χ0n) is 13.5. The molecule has 0 unspecified atom stereocenters. The number of rotatable bonds is 6. The second kappa shape index (κ2) is 6.35. The second-order valence-corrected chi connectivity index (χ2v) is 5.93. The summed E-state index contributed by atoms with van der Waals surface area (Å²) < 4.78 is 11.3. The molecular weight excluding hydrogens is 302 g/mol. The number of fused-ring (bicyclic) bond motifs is 1. The lowest BCUT2D eigenvalue weighted by molar-refractivity contribution is 0.280. The van der Waals surface area contributed by atoms with Gasteiger partial charge in [0.2, 0.25) is 0 Å². The summed E-state index contributed by atoms with van der Waals surface area (Å²) in [6.07, 6.45) is 8.10. The molecular formula is C19H18N3O2. The number of pyridine rings is 1. The van der Waals surface area contributed by atoms with E-state index in [-0.39, 0.29) is 0 Å². The maximum Gasteiger partial charge on any atom is 0.180 e. The molecule has 2 aliphatic rings. The maximum absolute atomic E-state index is 5.89. The van der Waals surface area contributed by atoms with Crippen LogP contribution < -0.4 is 14.8 Å². The van der Waals surface area contributed by atoms with Crippen LogP contribution in [0.2, 0.25) is 0 Å². The lowest BCUT2D eigenvalue weighted by Crippen LogP contribution is -2.03. The zero-order chi connectivity index (χ0) is 16.4. The van der Waals surface area contributed by atoms with Crippen LogP contribution in [0.5, 0.6) is 11.5 Å². The summed E-state index contributed by atoms with van der Waals surface area (Å²) in [7, 11) is 1.66. The standard InChI is InChI=1S/C19H18N3O2/c1-23-16-8-6-13(11-17(16)24-12-14-4-5-14)7-9-18-21-15-3-2-10-20-19(15)22-18/h2-3,6-11,14H,4-5,12H2,1H3. The molecule has 0 atom stereocenters. The van der Waals surface area contributed by atoms with Gasteiger partial charge in [-0.15, -0.1) is 0 Å². The van der Waals surface area contributed by atoms with Crippen molar-refractivity contribution in [2.45, 2.75) is 12.8 Å². The monoisotopic (exact) mass is 320 g/mol. The molecule has 5 heteroatoms. The first-order valence-electron chi connectivity index (χ1n) is 8.06. The molecule has 0 saturated heterocycles. The number of aromatic nitrogens is 1. The normalized spacial score (nSPS) is 15.8. The summed E-state index contributed by atoms with van der Waals surface area (Å²) in [4.78, 5) is 8.63. The Labute approximate surface area is 141 Å². The lowest BCUT2D eigenvalue weighted by atomic mass is 10.2. The fraction of sp³-hybridized carbons (Fsp3) is 0.263. The van der Waals surface area contributed by atoms with Gasteiger partial charge in [-0.05, 0) is 54.7 Å². The van der Waals surface area contributed by atoms with E-state index in [1.165, 1.54) is 12.8 Å². The van der Waals surface area contributed by atoms with Crippen LogP contribution in [-0.4, -0.2) is 24.5 Å². The molecule has 2 aromatic rings. The number of nitrogens with zero attached hydrogens (tertiary/aromatic N) is 3. The summed E-state index contributed by atoms with van der Waals surface area (Å²) in [5.41, 5.74) is 1.82. The molecule has 1 aromatic carbocycles. The van der Waals surface area contributed by atoms with Crippen molar-refractivity contribution in [2.75, 3.05) is 13.7 Å². The SMILES string of the molecule is COc1ccc(C=CC2=Nc3cccnc3[N]2)cc1OCC1CC1. The Morgan fingerprint density at radius 3 is 2.88 bits per heavy atom. The van der Waals surface area contributed by atoms with E-state index in [0.717, 1.165) is 29.4 Å². The molecule has 2 heterocycles. The van der Waals surface area contributed by atoms with Gasteiger partial charge in [0.1, 0.15) is 5.69 Å². The van der Waals surface area contributed by atoms with Crippen molar-refractivity contribution in [3.05, 3.63) is 48.2 Å². The third-order valence-electron chi connectivity index (χ3n) is 4.01. The minimum absolute atomic E-state index is 0.653. The van der Waals surface area contributed by atoms with E-state index in [0.29, 0.717) is 17.6 Å². The Bertz CT molecular complexity index is 810. The van der Waals surface area contributed by atoms with Crippen LogP contribution in [0.4, 0.5) is 11.5 Å². The summed E-state index contributed by atoms with van der Waals surface area (Å²) >= 11 is 0. The van der Waals surface area contributed by atoms with Crippen molar-refractivity contribution in [1.82, 2.24) is 10.3 Å². The summed E-state index contributed by atoms with van der Waals surface area (Å²) in [6, 6.07) is 9.66. The van der Waals surface area contributed by atoms with Crippen molar-refractivity contribution >= 4 is 23.4 Å². The van der Waals surface area contributed by atoms with Crippen molar-refractivity contribution in [1.29, 1.82) is 0 Å². The van der Waals surface area contributed by atoms with Gasteiger partial charge in [-0.25, -0.2) is 15.3 Å². The largest absolute Gasteiger partial charge is 0.493 e. The highest BCUT2D eigenvalue weighted by Crippen LogP contribution is 2.33. The predicted molar refractivity (Wildman–Crippen MR) is 93.4 cm³/mol. The summed E-state index contributed by atoms with van der Waals surface area (Å²) in [6.45, 7) is 0.756. The van der Waals surface area contributed by atoms with Gasteiger partial charge in [0.25, 0.3) is 0 Å². The van der Waals surface area contributed by atoms with Crippen LogP contribution in [0.15, 0.2) is 47.6 Å². The molecule has 1 aliphatic carbocycles. The van der Waals surface area contributed by atoms with E-state index >= 15 is 0 Å². The quantitative estimate of drug-likeness (QED) is 0.812. The fourth-order valence-electron chi connectivity index (χ4n) is 2.47. The third kappa shape index (κ3) is 3.25. The molecule has 0 N–H and O–H groups in total. The lowest BCUT2D eigenvalue weighted by Gasteiger charge is -2.11. The molecule has 121 valence electrons. The van der Waals surface area contributed by atoms with E-state index in [1.807, 2.05) is 42.5 Å². The molecule has 1 aliphatic heterocycles. The Hall–Kier alpha value is -2.82. The zero-order valence-corrected chi connectivity index (χ0v) is 13.5. The first-order valence-corrected chi connectivity index (χ1v) is 8.06. The van der Waals surface area contributed by atoms with Crippen LogP contribution in [0, 0.1) is 5.92 Å². The van der Waals surface area contributed by atoms with E-state index < -0.39 is 0 Å². The van der Waals surface area contributed by atoms with E-state index in [4.69, 9.17) is 9.47 Å². The number of methoxy groups -OCH3 is 1. The Kier molecular flexibility index (Phi) is 3.91. The van der Waals surface area contributed by atoms with Crippen LogP contribution >= 0.6 is 0 Å². The minimum atomic E-state index is 0.653. The number of aliphatic imine (C=N–C) groups is 1. The highest BCUT2D eigenvalue weighted by atomic mass is 16.5. The van der Waals surface area contributed by atoms with Gasteiger partial charge in [-0.3, -0.25) is 0 Å². The summed E-state index contributed by atoms with van der Waals surface area (Å²) in [5, 5.41) is 4.39. The fourth-order valence-corrected chi connectivity index (χ4v) is 2.47. The number of ether oxygens (including phenoxy) is 2. The summed E-state index contributed by atoms with van der Waals surface area (Å²) in [5.74, 6) is 3.56. The molecule has 5 nitrogen and oxygen atoms in total. The van der Waals surface area contributed by atoms with Crippen LogP contribution in [-0.2, 0) is 0 Å². The highest BCUT2D eigenvalue weighted by molar-refractivity contribution is 6.04. The molecule has 1 saturated carbocycles. The number of amidine groups is 1.